The first kappa shape index (κ1) is 13.8. The summed E-state index contributed by atoms with van der Waals surface area (Å²) in [5, 5.41) is 2.73. The second kappa shape index (κ2) is 6.45. The van der Waals surface area contributed by atoms with Crippen molar-refractivity contribution in [2.24, 2.45) is 0 Å². The lowest BCUT2D eigenvalue weighted by molar-refractivity contribution is -0.120. The molecular weight excluding hydrogens is 234 g/mol. The maximum absolute atomic E-state index is 11.7. The summed E-state index contributed by atoms with van der Waals surface area (Å²) >= 11 is 1.48. The summed E-state index contributed by atoms with van der Waals surface area (Å²) in [5.41, 5.74) is 0.647. The molecule has 3 nitrogen and oxygen atoms in total. The number of nitrogens with one attached hydrogen (secondary N) is 1. The molecule has 1 atom stereocenters. The lowest BCUT2D eigenvalue weighted by atomic mass is 10.2. The van der Waals surface area contributed by atoms with E-state index in [9.17, 15) is 9.59 Å². The molecule has 0 heterocycles. The van der Waals surface area contributed by atoms with Crippen molar-refractivity contribution in [3.63, 3.8) is 0 Å². The Hall–Kier alpha value is -1.29. The van der Waals surface area contributed by atoms with Gasteiger partial charge in [0.25, 0.3) is 0 Å². The van der Waals surface area contributed by atoms with Gasteiger partial charge in [0.2, 0.25) is 5.91 Å². The molecule has 0 aliphatic heterocycles. The van der Waals surface area contributed by atoms with Crippen molar-refractivity contribution < 1.29 is 9.59 Å². The monoisotopic (exact) mass is 251 g/mol. The van der Waals surface area contributed by atoms with Crippen molar-refractivity contribution in [3.8, 4) is 0 Å². The van der Waals surface area contributed by atoms with Crippen molar-refractivity contribution in [2.75, 3.05) is 0 Å². The second-order valence-corrected chi connectivity index (χ2v) is 5.52. The first-order valence-corrected chi connectivity index (χ1v) is 6.43. The summed E-state index contributed by atoms with van der Waals surface area (Å²) in [6.45, 7) is 5.75. The molecule has 0 fully saturated rings. The molecule has 0 saturated carbocycles. The van der Waals surface area contributed by atoms with Gasteiger partial charge in [-0.05, 0) is 32.9 Å². The smallest absolute Gasteiger partial charge is 0.233 e. The normalized spacial score (nSPS) is 12.2. The Bertz CT molecular complexity index is 387. The summed E-state index contributed by atoms with van der Waals surface area (Å²) in [5.74, 6) is 0.0319. The summed E-state index contributed by atoms with van der Waals surface area (Å²) < 4.78 is 0. The molecule has 1 rings (SSSR count). The standard InChI is InChI=1S/C13H17NO2S/c1-9(2)14-13(16)10(3)17-12-6-4-11(8-15)5-7-12/h4-10H,1-3H3,(H,14,16). The first-order valence-electron chi connectivity index (χ1n) is 5.55. The van der Waals surface area contributed by atoms with E-state index in [4.69, 9.17) is 0 Å². The molecule has 17 heavy (non-hydrogen) atoms. The maximum Gasteiger partial charge on any atom is 0.233 e. The van der Waals surface area contributed by atoms with E-state index >= 15 is 0 Å². The number of aldehydes is 1. The fraction of sp³-hybridized carbons (Fsp3) is 0.385. The Kier molecular flexibility index (Phi) is 5.22. The fourth-order valence-electron chi connectivity index (χ4n) is 1.28. The van der Waals surface area contributed by atoms with Crippen LogP contribution in [0, 0.1) is 0 Å². The Balaban J connectivity index is 2.57. The molecule has 1 amide bonds. The number of benzene rings is 1. The average molecular weight is 251 g/mol. The molecule has 0 aliphatic carbocycles. The highest BCUT2D eigenvalue weighted by atomic mass is 32.2. The summed E-state index contributed by atoms with van der Waals surface area (Å²) in [6, 6.07) is 7.37. The molecule has 0 aromatic heterocycles. The molecule has 0 aliphatic rings. The highest BCUT2D eigenvalue weighted by molar-refractivity contribution is 8.00. The number of hydrogen-bond acceptors (Lipinski definition) is 3. The largest absolute Gasteiger partial charge is 0.353 e. The number of carbonyl (C=O) groups excluding carboxylic acids is 2. The highest BCUT2D eigenvalue weighted by Gasteiger charge is 2.14. The van der Waals surface area contributed by atoms with Crippen LogP contribution in [0.2, 0.25) is 0 Å². The van der Waals surface area contributed by atoms with E-state index in [0.29, 0.717) is 5.56 Å². The predicted octanol–water partition coefficient (Wildman–Crippen LogP) is 2.50. The van der Waals surface area contributed by atoms with E-state index in [1.165, 1.54) is 11.8 Å². The molecule has 0 spiro atoms. The molecule has 0 bridgehead atoms. The van der Waals surface area contributed by atoms with Crippen LogP contribution in [0.3, 0.4) is 0 Å². The minimum absolute atomic E-state index is 0.0319. The maximum atomic E-state index is 11.7. The van der Waals surface area contributed by atoms with Gasteiger partial charge in [0.15, 0.2) is 0 Å². The van der Waals surface area contributed by atoms with Crippen LogP contribution < -0.4 is 5.32 Å². The first-order chi connectivity index (χ1) is 8.02. The lowest BCUT2D eigenvalue weighted by Crippen LogP contribution is -2.35. The van der Waals surface area contributed by atoms with Crippen molar-refractivity contribution in [1.29, 1.82) is 0 Å². The zero-order valence-electron chi connectivity index (χ0n) is 10.3. The van der Waals surface area contributed by atoms with Gasteiger partial charge in [0.05, 0.1) is 5.25 Å². The van der Waals surface area contributed by atoms with Crippen molar-refractivity contribution in [3.05, 3.63) is 29.8 Å². The van der Waals surface area contributed by atoms with E-state index < -0.39 is 0 Å². The van der Waals surface area contributed by atoms with Crippen LogP contribution in [0.4, 0.5) is 0 Å². The number of amides is 1. The quantitative estimate of drug-likeness (QED) is 0.646. The van der Waals surface area contributed by atoms with E-state index in [1.807, 2.05) is 32.9 Å². The minimum Gasteiger partial charge on any atom is -0.353 e. The summed E-state index contributed by atoms with van der Waals surface area (Å²) in [6.07, 6.45) is 0.809. The molecule has 1 aromatic rings. The average Bonchev–Trinajstić information content (AvgIpc) is 2.29. The molecule has 0 radical (unpaired) electrons. The Morgan fingerprint density at radius 2 is 1.82 bits per heavy atom. The molecule has 1 aromatic carbocycles. The number of rotatable bonds is 5. The van der Waals surface area contributed by atoms with Crippen LogP contribution in [0.1, 0.15) is 31.1 Å². The van der Waals surface area contributed by atoms with Crippen LogP contribution in [-0.2, 0) is 4.79 Å². The predicted molar refractivity (Wildman–Crippen MR) is 70.4 cm³/mol. The van der Waals surface area contributed by atoms with Crippen LogP contribution >= 0.6 is 11.8 Å². The van der Waals surface area contributed by atoms with Crippen LogP contribution in [0.25, 0.3) is 0 Å². The zero-order valence-corrected chi connectivity index (χ0v) is 11.1. The van der Waals surface area contributed by atoms with Crippen molar-refractivity contribution in [2.45, 2.75) is 37.0 Å². The van der Waals surface area contributed by atoms with Gasteiger partial charge in [-0.1, -0.05) is 12.1 Å². The highest BCUT2D eigenvalue weighted by Crippen LogP contribution is 2.23. The molecule has 92 valence electrons. The van der Waals surface area contributed by atoms with Crippen molar-refractivity contribution >= 4 is 24.0 Å². The zero-order chi connectivity index (χ0) is 12.8. The number of carbonyl (C=O) groups is 2. The van der Waals surface area contributed by atoms with Crippen LogP contribution in [0.5, 0.6) is 0 Å². The molecule has 1 unspecified atom stereocenters. The van der Waals surface area contributed by atoms with Gasteiger partial charge in [-0.15, -0.1) is 11.8 Å². The van der Waals surface area contributed by atoms with Gasteiger partial charge in [-0.25, -0.2) is 0 Å². The van der Waals surface area contributed by atoms with E-state index in [1.54, 1.807) is 12.1 Å². The van der Waals surface area contributed by atoms with Crippen LogP contribution in [-0.4, -0.2) is 23.5 Å². The van der Waals surface area contributed by atoms with Crippen LogP contribution in [0.15, 0.2) is 29.2 Å². The Labute approximate surface area is 106 Å². The molecular formula is C13H17NO2S. The van der Waals surface area contributed by atoms with E-state index in [0.717, 1.165) is 11.2 Å². The third kappa shape index (κ3) is 4.61. The molecule has 4 heteroatoms. The van der Waals surface area contributed by atoms with Gasteiger partial charge in [0, 0.05) is 16.5 Å². The number of hydrogen-bond donors (Lipinski definition) is 1. The summed E-state index contributed by atoms with van der Waals surface area (Å²) in [7, 11) is 0. The van der Waals surface area contributed by atoms with Gasteiger partial charge < -0.3 is 5.32 Å². The number of thioether (sulfide) groups is 1. The second-order valence-electron chi connectivity index (χ2n) is 4.11. The van der Waals surface area contributed by atoms with E-state index in [2.05, 4.69) is 5.32 Å². The molecule has 1 N–H and O–H groups in total. The topological polar surface area (TPSA) is 46.2 Å². The minimum atomic E-state index is -0.139. The van der Waals surface area contributed by atoms with E-state index in [-0.39, 0.29) is 17.2 Å². The SMILES string of the molecule is CC(C)NC(=O)C(C)Sc1ccc(C=O)cc1. The fourth-order valence-corrected chi connectivity index (χ4v) is 2.16. The van der Waals surface area contributed by atoms with Gasteiger partial charge in [-0.2, -0.15) is 0 Å². The Morgan fingerprint density at radius 1 is 1.24 bits per heavy atom. The summed E-state index contributed by atoms with van der Waals surface area (Å²) in [4.78, 5) is 23.2. The third-order valence-corrected chi connectivity index (χ3v) is 3.24. The van der Waals surface area contributed by atoms with Gasteiger partial charge in [0.1, 0.15) is 6.29 Å². The van der Waals surface area contributed by atoms with Gasteiger partial charge >= 0.3 is 0 Å². The lowest BCUT2D eigenvalue weighted by Gasteiger charge is -2.14. The van der Waals surface area contributed by atoms with Gasteiger partial charge in [-0.3, -0.25) is 9.59 Å². The third-order valence-electron chi connectivity index (χ3n) is 2.13. The van der Waals surface area contributed by atoms with Crippen molar-refractivity contribution in [1.82, 2.24) is 5.32 Å². The molecule has 0 saturated heterocycles. The Morgan fingerprint density at radius 3 is 2.29 bits per heavy atom.